The molecule has 1 aliphatic rings. The molecule has 0 radical (unpaired) electrons. The molecule has 1 aliphatic carbocycles. The van der Waals surface area contributed by atoms with Crippen molar-refractivity contribution >= 4 is 15.9 Å². The van der Waals surface area contributed by atoms with Crippen molar-refractivity contribution in [2.45, 2.75) is 38.1 Å². The fourth-order valence-electron chi connectivity index (χ4n) is 2.05. The zero-order valence-electron chi connectivity index (χ0n) is 11.4. The van der Waals surface area contributed by atoms with Crippen LogP contribution in [0.5, 0.6) is 0 Å². The summed E-state index contributed by atoms with van der Waals surface area (Å²) in [6.07, 6.45) is 2.03. The fraction of sp³-hybridized carbons (Fsp3) is 0.500. The average molecular weight is 339 g/mol. The maximum absolute atomic E-state index is 12.4. The van der Waals surface area contributed by atoms with Crippen molar-refractivity contribution in [2.24, 2.45) is 0 Å². The highest BCUT2D eigenvalue weighted by molar-refractivity contribution is 7.87. The SMILES string of the molecule is Cc1ncoc1C(=O)C1=C(OS(=O)(=O)C(F)(F)F)CCCC1. The standard InChI is InChI=1S/C12H12F3NO5S/c1-7-11(20-6-16-7)10(17)8-4-2-3-5-9(8)21-22(18,19)12(13,14)15/h6H,2-5H2,1H3. The highest BCUT2D eigenvalue weighted by Gasteiger charge is 2.49. The van der Waals surface area contributed by atoms with Gasteiger partial charge in [0, 0.05) is 12.0 Å². The smallest absolute Gasteiger partial charge is 0.440 e. The Hall–Kier alpha value is -1.84. The molecule has 6 nitrogen and oxygen atoms in total. The van der Waals surface area contributed by atoms with Gasteiger partial charge in [0.15, 0.2) is 12.2 Å². The molecule has 0 aliphatic heterocycles. The number of carbonyl (C=O) groups is 1. The summed E-state index contributed by atoms with van der Waals surface area (Å²) in [5.41, 5.74) is -5.41. The minimum Gasteiger partial charge on any atom is -0.440 e. The first-order valence-corrected chi connectivity index (χ1v) is 7.72. The van der Waals surface area contributed by atoms with Crippen LogP contribution in [0.2, 0.25) is 0 Å². The number of oxazole rings is 1. The van der Waals surface area contributed by atoms with Crippen LogP contribution in [0, 0.1) is 6.92 Å². The van der Waals surface area contributed by atoms with Gasteiger partial charge in [-0.25, -0.2) is 4.98 Å². The van der Waals surface area contributed by atoms with Crippen molar-refractivity contribution in [1.29, 1.82) is 0 Å². The predicted octanol–water partition coefficient (Wildman–Crippen LogP) is 2.86. The average Bonchev–Trinajstić information content (AvgIpc) is 2.83. The Morgan fingerprint density at radius 1 is 1.32 bits per heavy atom. The zero-order valence-corrected chi connectivity index (χ0v) is 12.3. The van der Waals surface area contributed by atoms with Gasteiger partial charge in [0.25, 0.3) is 0 Å². The van der Waals surface area contributed by atoms with Crippen LogP contribution < -0.4 is 0 Å². The van der Waals surface area contributed by atoms with Crippen molar-refractivity contribution in [2.75, 3.05) is 0 Å². The number of ketones is 1. The Morgan fingerprint density at radius 2 is 1.95 bits per heavy atom. The van der Waals surface area contributed by atoms with Gasteiger partial charge in [0.2, 0.25) is 5.78 Å². The molecule has 0 atom stereocenters. The Kier molecular flexibility index (Phi) is 4.32. The molecule has 1 heterocycles. The van der Waals surface area contributed by atoms with Crippen LogP contribution in [0.25, 0.3) is 0 Å². The van der Waals surface area contributed by atoms with E-state index in [1.165, 1.54) is 6.92 Å². The molecule has 22 heavy (non-hydrogen) atoms. The van der Waals surface area contributed by atoms with Gasteiger partial charge in [-0.2, -0.15) is 21.6 Å². The highest BCUT2D eigenvalue weighted by Crippen LogP contribution is 2.34. The maximum Gasteiger partial charge on any atom is 0.534 e. The molecule has 0 amide bonds. The lowest BCUT2D eigenvalue weighted by Gasteiger charge is -2.19. The summed E-state index contributed by atoms with van der Waals surface area (Å²) in [7, 11) is -5.80. The number of aryl methyl sites for hydroxylation is 1. The van der Waals surface area contributed by atoms with Crippen LogP contribution in [-0.4, -0.2) is 24.7 Å². The third-order valence-electron chi connectivity index (χ3n) is 3.14. The maximum atomic E-state index is 12.4. The van der Waals surface area contributed by atoms with E-state index in [0.717, 1.165) is 6.39 Å². The molecule has 1 aromatic heterocycles. The van der Waals surface area contributed by atoms with Gasteiger partial charge in [0.1, 0.15) is 5.76 Å². The first-order valence-electron chi connectivity index (χ1n) is 6.31. The quantitative estimate of drug-likeness (QED) is 0.476. The van der Waals surface area contributed by atoms with Crippen molar-refractivity contribution in [3.63, 3.8) is 0 Å². The van der Waals surface area contributed by atoms with Gasteiger partial charge >= 0.3 is 15.6 Å². The van der Waals surface area contributed by atoms with Crippen LogP contribution in [0.3, 0.4) is 0 Å². The summed E-state index contributed by atoms with van der Waals surface area (Å²) in [6, 6.07) is 0. The first kappa shape index (κ1) is 16.5. The molecule has 0 fully saturated rings. The molecule has 0 bridgehead atoms. The second kappa shape index (κ2) is 5.75. The lowest BCUT2D eigenvalue weighted by atomic mass is 9.93. The second-order valence-corrected chi connectivity index (χ2v) is 6.23. The number of hydrogen-bond acceptors (Lipinski definition) is 6. The van der Waals surface area contributed by atoms with Crippen LogP contribution >= 0.6 is 0 Å². The van der Waals surface area contributed by atoms with E-state index < -0.39 is 27.2 Å². The van der Waals surface area contributed by atoms with Gasteiger partial charge in [0.05, 0.1) is 5.69 Å². The number of carbonyl (C=O) groups excluding carboxylic acids is 1. The molecule has 10 heteroatoms. The van der Waals surface area contributed by atoms with Crippen molar-refractivity contribution < 1.29 is 35.0 Å². The van der Waals surface area contributed by atoms with Gasteiger partial charge < -0.3 is 8.60 Å². The summed E-state index contributed by atoms with van der Waals surface area (Å²) in [4.78, 5) is 16.0. The van der Waals surface area contributed by atoms with Gasteiger partial charge in [-0.3, -0.25) is 4.79 Å². The van der Waals surface area contributed by atoms with E-state index >= 15 is 0 Å². The van der Waals surface area contributed by atoms with E-state index in [1.54, 1.807) is 0 Å². The lowest BCUT2D eigenvalue weighted by molar-refractivity contribution is -0.0524. The third kappa shape index (κ3) is 3.16. The molecule has 0 aromatic carbocycles. The number of hydrogen-bond donors (Lipinski definition) is 0. The number of rotatable bonds is 4. The Bertz CT molecular complexity index is 717. The second-order valence-electron chi connectivity index (χ2n) is 4.69. The lowest BCUT2D eigenvalue weighted by Crippen LogP contribution is -2.27. The van der Waals surface area contributed by atoms with E-state index in [9.17, 15) is 26.4 Å². The van der Waals surface area contributed by atoms with Crippen LogP contribution in [0.15, 0.2) is 22.1 Å². The number of halogens is 3. The molecule has 1 aromatic rings. The van der Waals surface area contributed by atoms with Crippen molar-refractivity contribution in [3.8, 4) is 0 Å². The van der Waals surface area contributed by atoms with Gasteiger partial charge in [-0.15, -0.1) is 0 Å². The summed E-state index contributed by atoms with van der Waals surface area (Å²) in [5.74, 6) is -1.33. The summed E-state index contributed by atoms with van der Waals surface area (Å²) >= 11 is 0. The summed E-state index contributed by atoms with van der Waals surface area (Å²) < 4.78 is 68.5. The van der Waals surface area contributed by atoms with E-state index in [0.29, 0.717) is 12.8 Å². The largest absolute Gasteiger partial charge is 0.534 e. The number of allylic oxidation sites excluding steroid dienone is 2. The molecule has 0 saturated carbocycles. The van der Waals surface area contributed by atoms with E-state index in [1.807, 2.05) is 0 Å². The molecule has 122 valence electrons. The monoisotopic (exact) mass is 339 g/mol. The number of alkyl halides is 3. The Morgan fingerprint density at radius 3 is 2.50 bits per heavy atom. The Labute approximate surface area is 124 Å². The van der Waals surface area contributed by atoms with Gasteiger partial charge in [-0.05, 0) is 26.2 Å². The van der Waals surface area contributed by atoms with Crippen LogP contribution in [0.1, 0.15) is 41.9 Å². The van der Waals surface area contributed by atoms with E-state index in [4.69, 9.17) is 4.42 Å². The number of nitrogens with zero attached hydrogens (tertiary/aromatic N) is 1. The third-order valence-corrected chi connectivity index (χ3v) is 4.12. The van der Waals surface area contributed by atoms with Crippen molar-refractivity contribution in [1.82, 2.24) is 4.98 Å². The summed E-state index contributed by atoms with van der Waals surface area (Å²) in [6.45, 7) is 1.49. The van der Waals surface area contributed by atoms with Crippen LogP contribution in [-0.2, 0) is 14.3 Å². The van der Waals surface area contributed by atoms with E-state index in [2.05, 4.69) is 9.17 Å². The number of Topliss-reactive ketones (excluding diaryl/α,β-unsaturated/α-hetero) is 1. The molecule has 0 N–H and O–H groups in total. The molecular weight excluding hydrogens is 327 g/mol. The minimum atomic E-state index is -5.80. The van der Waals surface area contributed by atoms with Crippen LogP contribution in [0.4, 0.5) is 13.2 Å². The van der Waals surface area contributed by atoms with E-state index in [-0.39, 0.29) is 29.9 Å². The first-order chi connectivity index (χ1) is 10.1. The zero-order chi connectivity index (χ0) is 16.5. The number of aromatic nitrogens is 1. The minimum absolute atomic E-state index is 0.0659. The molecule has 0 spiro atoms. The molecule has 0 saturated heterocycles. The highest BCUT2D eigenvalue weighted by atomic mass is 32.2. The fourth-order valence-corrected chi connectivity index (χ4v) is 2.59. The predicted molar refractivity (Wildman–Crippen MR) is 67.1 cm³/mol. The Balaban J connectivity index is 2.39. The molecule has 2 rings (SSSR count). The summed E-state index contributed by atoms with van der Waals surface area (Å²) in [5, 5.41) is 0. The molecule has 0 unspecified atom stereocenters. The topological polar surface area (TPSA) is 86.5 Å². The normalized spacial score (nSPS) is 16.7. The molecular formula is C12H12F3NO5S. The van der Waals surface area contributed by atoms with Crippen molar-refractivity contribution in [3.05, 3.63) is 29.2 Å². The van der Waals surface area contributed by atoms with Gasteiger partial charge in [-0.1, -0.05) is 0 Å².